The molecule has 0 aliphatic carbocycles. The van der Waals surface area contributed by atoms with Crippen LogP contribution in [0.2, 0.25) is 0 Å². The first-order valence-corrected chi connectivity index (χ1v) is 2.59. The van der Waals surface area contributed by atoms with Gasteiger partial charge in [0.2, 0.25) is 0 Å². The van der Waals surface area contributed by atoms with E-state index in [0.717, 1.165) is 19.6 Å². The van der Waals surface area contributed by atoms with Crippen LogP contribution in [0.25, 0.3) is 0 Å². The minimum atomic E-state index is 0.175. The molecule has 0 aromatic carbocycles. The Kier molecular flexibility index (Phi) is 1.62. The second-order valence-electron chi connectivity index (χ2n) is 1.76. The van der Waals surface area contributed by atoms with Crippen molar-refractivity contribution in [1.82, 2.24) is 10.6 Å². The van der Waals surface area contributed by atoms with Gasteiger partial charge < -0.3 is 11.1 Å². The lowest BCUT2D eigenvalue weighted by atomic mass is 10.4. The summed E-state index contributed by atoms with van der Waals surface area (Å²) in [4.78, 5) is 0. The molecule has 7 heavy (non-hydrogen) atoms. The van der Waals surface area contributed by atoms with Gasteiger partial charge in [-0.05, 0) is 0 Å². The highest BCUT2D eigenvalue weighted by Gasteiger charge is 2.03. The van der Waals surface area contributed by atoms with Crippen LogP contribution in [0.4, 0.5) is 0 Å². The third-order valence-electron chi connectivity index (χ3n) is 1.07. The Morgan fingerprint density at radius 2 is 2.29 bits per heavy atom. The molecule has 0 spiro atoms. The van der Waals surface area contributed by atoms with Gasteiger partial charge in [0.05, 0.1) is 6.17 Å². The zero-order valence-corrected chi connectivity index (χ0v) is 4.28. The largest absolute Gasteiger partial charge is 0.315 e. The molecule has 1 rings (SSSR count). The standard InChI is InChI=1S/C4H11N3/c5-4-3-6-1-2-7-4/h4,6-7H,1-3,5H2. The number of nitrogens with one attached hydrogen (secondary N) is 2. The Morgan fingerprint density at radius 3 is 2.57 bits per heavy atom. The first kappa shape index (κ1) is 5.03. The van der Waals surface area contributed by atoms with Crippen molar-refractivity contribution in [2.75, 3.05) is 19.6 Å². The molecule has 1 atom stereocenters. The molecule has 0 aromatic heterocycles. The molecule has 3 nitrogen and oxygen atoms in total. The predicted molar refractivity (Wildman–Crippen MR) is 28.8 cm³/mol. The molecule has 1 aliphatic heterocycles. The summed E-state index contributed by atoms with van der Waals surface area (Å²) >= 11 is 0. The Bertz CT molecular complexity index is 48.9. The summed E-state index contributed by atoms with van der Waals surface area (Å²) < 4.78 is 0. The minimum absolute atomic E-state index is 0.175. The second kappa shape index (κ2) is 2.26. The van der Waals surface area contributed by atoms with E-state index < -0.39 is 0 Å². The van der Waals surface area contributed by atoms with Gasteiger partial charge in [-0.15, -0.1) is 0 Å². The highest BCUT2D eigenvalue weighted by atomic mass is 15.1. The Balaban J connectivity index is 2.12. The second-order valence-corrected chi connectivity index (χ2v) is 1.76. The number of rotatable bonds is 0. The summed E-state index contributed by atoms with van der Waals surface area (Å²) in [6.07, 6.45) is 0.175. The molecular weight excluding hydrogens is 90.1 g/mol. The van der Waals surface area contributed by atoms with Crippen molar-refractivity contribution in [3.8, 4) is 0 Å². The summed E-state index contributed by atoms with van der Waals surface area (Å²) in [5.74, 6) is 0. The summed E-state index contributed by atoms with van der Waals surface area (Å²) in [7, 11) is 0. The van der Waals surface area contributed by atoms with Crippen molar-refractivity contribution in [2.24, 2.45) is 5.73 Å². The van der Waals surface area contributed by atoms with E-state index in [1.165, 1.54) is 0 Å². The van der Waals surface area contributed by atoms with Crippen molar-refractivity contribution in [1.29, 1.82) is 0 Å². The maximum absolute atomic E-state index is 5.46. The van der Waals surface area contributed by atoms with Crippen LogP contribution in [-0.2, 0) is 0 Å². The predicted octanol–water partition coefficient (Wildman–Crippen LogP) is -1.54. The van der Waals surface area contributed by atoms with E-state index in [9.17, 15) is 0 Å². The summed E-state index contributed by atoms with van der Waals surface area (Å²) in [5.41, 5.74) is 5.46. The highest BCUT2D eigenvalue weighted by molar-refractivity contribution is 4.68. The van der Waals surface area contributed by atoms with E-state index >= 15 is 0 Å². The van der Waals surface area contributed by atoms with Gasteiger partial charge in [0.1, 0.15) is 0 Å². The monoisotopic (exact) mass is 101 g/mol. The maximum atomic E-state index is 5.46. The van der Waals surface area contributed by atoms with E-state index in [4.69, 9.17) is 5.73 Å². The molecule has 0 radical (unpaired) electrons. The molecule has 0 saturated carbocycles. The molecule has 1 fully saturated rings. The number of nitrogens with two attached hydrogens (primary N) is 1. The van der Waals surface area contributed by atoms with Crippen LogP contribution in [-0.4, -0.2) is 25.8 Å². The van der Waals surface area contributed by atoms with Gasteiger partial charge in [-0.3, -0.25) is 5.32 Å². The zero-order valence-electron chi connectivity index (χ0n) is 4.28. The van der Waals surface area contributed by atoms with Crippen molar-refractivity contribution < 1.29 is 0 Å². The van der Waals surface area contributed by atoms with Crippen LogP contribution in [0.1, 0.15) is 0 Å². The van der Waals surface area contributed by atoms with Crippen molar-refractivity contribution in [2.45, 2.75) is 6.17 Å². The molecule has 1 unspecified atom stereocenters. The number of piperazine rings is 1. The van der Waals surface area contributed by atoms with Crippen LogP contribution in [0, 0.1) is 0 Å². The lowest BCUT2D eigenvalue weighted by Crippen LogP contribution is -2.53. The van der Waals surface area contributed by atoms with E-state index in [-0.39, 0.29) is 6.17 Å². The average Bonchev–Trinajstić information content (AvgIpc) is 1.69. The molecule has 0 aromatic rings. The van der Waals surface area contributed by atoms with Crippen LogP contribution in [0.3, 0.4) is 0 Å². The lowest BCUT2D eigenvalue weighted by molar-refractivity contribution is 0.428. The van der Waals surface area contributed by atoms with Crippen LogP contribution in [0.15, 0.2) is 0 Å². The smallest absolute Gasteiger partial charge is 0.0675 e. The number of hydrogen-bond donors (Lipinski definition) is 3. The van der Waals surface area contributed by atoms with E-state index in [1.807, 2.05) is 0 Å². The van der Waals surface area contributed by atoms with Crippen LogP contribution >= 0.6 is 0 Å². The minimum Gasteiger partial charge on any atom is -0.315 e. The molecule has 1 heterocycles. The molecule has 0 bridgehead atoms. The topological polar surface area (TPSA) is 50.1 Å². The van der Waals surface area contributed by atoms with Crippen LogP contribution < -0.4 is 16.4 Å². The quantitative estimate of drug-likeness (QED) is 0.347. The Hall–Kier alpha value is -0.120. The molecule has 1 aliphatic rings. The Morgan fingerprint density at radius 1 is 1.43 bits per heavy atom. The normalized spacial score (nSPS) is 33.0. The van der Waals surface area contributed by atoms with E-state index in [0.29, 0.717) is 0 Å². The molecular formula is C4H11N3. The summed E-state index contributed by atoms with van der Waals surface area (Å²) in [6.45, 7) is 2.95. The SMILES string of the molecule is NC1CNCCN1. The first-order valence-electron chi connectivity index (χ1n) is 2.59. The van der Waals surface area contributed by atoms with Gasteiger partial charge in [0, 0.05) is 19.6 Å². The van der Waals surface area contributed by atoms with Gasteiger partial charge in [0.25, 0.3) is 0 Å². The third-order valence-corrected chi connectivity index (χ3v) is 1.07. The maximum Gasteiger partial charge on any atom is 0.0675 e. The molecule has 0 amide bonds. The average molecular weight is 101 g/mol. The van der Waals surface area contributed by atoms with E-state index in [2.05, 4.69) is 10.6 Å². The lowest BCUT2D eigenvalue weighted by Gasteiger charge is -2.19. The van der Waals surface area contributed by atoms with Crippen molar-refractivity contribution in [3.05, 3.63) is 0 Å². The molecule has 1 saturated heterocycles. The van der Waals surface area contributed by atoms with Gasteiger partial charge in [-0.1, -0.05) is 0 Å². The number of hydrogen-bond acceptors (Lipinski definition) is 3. The first-order chi connectivity index (χ1) is 3.39. The van der Waals surface area contributed by atoms with Gasteiger partial charge in [0.15, 0.2) is 0 Å². The summed E-state index contributed by atoms with van der Waals surface area (Å²) in [6, 6.07) is 0. The highest BCUT2D eigenvalue weighted by Crippen LogP contribution is 1.73. The van der Waals surface area contributed by atoms with Crippen molar-refractivity contribution >= 4 is 0 Å². The zero-order chi connectivity index (χ0) is 5.11. The Labute approximate surface area is 43.3 Å². The fourth-order valence-corrected chi connectivity index (χ4v) is 0.676. The van der Waals surface area contributed by atoms with Gasteiger partial charge >= 0.3 is 0 Å². The van der Waals surface area contributed by atoms with E-state index in [1.54, 1.807) is 0 Å². The van der Waals surface area contributed by atoms with Crippen molar-refractivity contribution in [3.63, 3.8) is 0 Å². The molecule has 3 heteroatoms. The summed E-state index contributed by atoms with van der Waals surface area (Å²) in [5, 5.41) is 6.24. The molecule has 42 valence electrons. The van der Waals surface area contributed by atoms with Gasteiger partial charge in [-0.25, -0.2) is 0 Å². The van der Waals surface area contributed by atoms with Crippen LogP contribution in [0.5, 0.6) is 0 Å². The molecule has 4 N–H and O–H groups in total. The third kappa shape index (κ3) is 1.43. The fourth-order valence-electron chi connectivity index (χ4n) is 0.676. The fraction of sp³-hybridized carbons (Fsp3) is 1.00. The van der Waals surface area contributed by atoms with Gasteiger partial charge in [-0.2, -0.15) is 0 Å².